The SMILES string of the molecule is Brc1nnc(Br)n1C1=NCCC=C1. The Balaban J connectivity index is 2.45. The van der Waals surface area contributed by atoms with Crippen LogP contribution in [0.4, 0.5) is 0 Å². The molecule has 2 rings (SSSR count). The summed E-state index contributed by atoms with van der Waals surface area (Å²) in [5.41, 5.74) is 0. The topological polar surface area (TPSA) is 43.1 Å². The van der Waals surface area contributed by atoms with Crippen LogP contribution in [0.2, 0.25) is 0 Å². The smallest absolute Gasteiger partial charge is 0.206 e. The van der Waals surface area contributed by atoms with Gasteiger partial charge in [0.2, 0.25) is 9.47 Å². The highest BCUT2D eigenvalue weighted by Gasteiger charge is 2.11. The van der Waals surface area contributed by atoms with E-state index < -0.39 is 0 Å². The highest BCUT2D eigenvalue weighted by atomic mass is 79.9. The first-order valence-corrected chi connectivity index (χ1v) is 5.35. The van der Waals surface area contributed by atoms with Crippen LogP contribution in [0.1, 0.15) is 6.42 Å². The molecule has 0 fully saturated rings. The Bertz CT molecular complexity index is 360. The van der Waals surface area contributed by atoms with Crippen LogP contribution in [0.5, 0.6) is 0 Å². The molecule has 1 aliphatic rings. The molecule has 0 aliphatic carbocycles. The highest BCUT2D eigenvalue weighted by Crippen LogP contribution is 2.15. The molecule has 1 aromatic heterocycles. The van der Waals surface area contributed by atoms with Gasteiger partial charge in [-0.3, -0.25) is 4.99 Å². The number of allylic oxidation sites excluding steroid dienone is 1. The molecule has 13 heavy (non-hydrogen) atoms. The van der Waals surface area contributed by atoms with Gasteiger partial charge in [0.25, 0.3) is 0 Å². The molecule has 0 unspecified atom stereocenters. The molecule has 0 atom stereocenters. The summed E-state index contributed by atoms with van der Waals surface area (Å²) >= 11 is 6.59. The van der Waals surface area contributed by atoms with E-state index in [1.807, 2.05) is 6.08 Å². The van der Waals surface area contributed by atoms with Crippen molar-refractivity contribution in [2.75, 3.05) is 6.54 Å². The largest absolute Gasteiger partial charge is 0.267 e. The summed E-state index contributed by atoms with van der Waals surface area (Å²) in [5.74, 6) is 0.856. The van der Waals surface area contributed by atoms with Gasteiger partial charge in [-0.1, -0.05) is 6.08 Å². The standard InChI is InChI=1S/C7H6Br2N4/c8-6-11-12-7(9)13(6)5-3-1-2-4-10-5/h1,3H,2,4H2. The van der Waals surface area contributed by atoms with E-state index in [0.717, 1.165) is 18.8 Å². The second kappa shape index (κ2) is 3.71. The summed E-state index contributed by atoms with van der Waals surface area (Å²) < 4.78 is 3.12. The van der Waals surface area contributed by atoms with Crippen LogP contribution in [-0.4, -0.2) is 27.1 Å². The van der Waals surface area contributed by atoms with E-state index in [9.17, 15) is 0 Å². The van der Waals surface area contributed by atoms with E-state index in [4.69, 9.17) is 0 Å². The van der Waals surface area contributed by atoms with Gasteiger partial charge < -0.3 is 0 Å². The molecule has 0 spiro atoms. The Morgan fingerprint density at radius 1 is 1.23 bits per heavy atom. The molecule has 0 aromatic carbocycles. The molecule has 2 heterocycles. The fourth-order valence-electron chi connectivity index (χ4n) is 1.08. The van der Waals surface area contributed by atoms with Crippen LogP contribution in [-0.2, 0) is 0 Å². The zero-order valence-corrected chi connectivity index (χ0v) is 9.79. The average molecular weight is 306 g/mol. The van der Waals surface area contributed by atoms with Crippen LogP contribution >= 0.6 is 31.9 Å². The summed E-state index contributed by atoms with van der Waals surface area (Å²) in [6.07, 6.45) is 5.05. The number of hydrogen-bond donors (Lipinski definition) is 0. The van der Waals surface area contributed by atoms with E-state index in [2.05, 4.69) is 53.1 Å². The van der Waals surface area contributed by atoms with E-state index in [1.165, 1.54) is 0 Å². The summed E-state index contributed by atoms with van der Waals surface area (Å²) in [5, 5.41) is 7.72. The predicted octanol–water partition coefficient (Wildman–Crippen LogP) is 2.01. The average Bonchev–Trinajstić information content (AvgIpc) is 2.48. The lowest BCUT2D eigenvalue weighted by Gasteiger charge is -2.07. The Morgan fingerprint density at radius 3 is 2.46 bits per heavy atom. The normalized spacial score (nSPS) is 16.0. The summed E-state index contributed by atoms with van der Waals surface area (Å²) in [6, 6.07) is 0. The lowest BCUT2D eigenvalue weighted by molar-refractivity contribution is 0.947. The lowest BCUT2D eigenvalue weighted by Crippen LogP contribution is -2.12. The van der Waals surface area contributed by atoms with E-state index in [0.29, 0.717) is 9.47 Å². The third kappa shape index (κ3) is 1.73. The monoisotopic (exact) mass is 304 g/mol. The fourth-order valence-corrected chi connectivity index (χ4v) is 2.17. The van der Waals surface area contributed by atoms with Gasteiger partial charge >= 0.3 is 0 Å². The molecule has 4 nitrogen and oxygen atoms in total. The van der Waals surface area contributed by atoms with Gasteiger partial charge in [0.1, 0.15) is 5.84 Å². The van der Waals surface area contributed by atoms with Crippen molar-refractivity contribution in [1.82, 2.24) is 14.8 Å². The van der Waals surface area contributed by atoms with Crippen LogP contribution in [0.25, 0.3) is 0 Å². The number of hydrogen-bond acceptors (Lipinski definition) is 3. The Hall–Kier alpha value is -0.490. The van der Waals surface area contributed by atoms with Crippen molar-refractivity contribution in [2.24, 2.45) is 4.99 Å². The number of rotatable bonds is 0. The second-order valence-electron chi connectivity index (χ2n) is 2.50. The molecule has 68 valence electrons. The molecule has 0 radical (unpaired) electrons. The van der Waals surface area contributed by atoms with Gasteiger partial charge in [0.15, 0.2) is 0 Å². The molecule has 0 amide bonds. The third-order valence-corrected chi connectivity index (χ3v) is 2.68. The minimum absolute atomic E-state index is 0.657. The molecule has 0 saturated heterocycles. The van der Waals surface area contributed by atoms with E-state index in [-0.39, 0.29) is 0 Å². The molecule has 1 aromatic rings. The van der Waals surface area contributed by atoms with Crippen LogP contribution in [0, 0.1) is 0 Å². The molecule has 1 aliphatic heterocycles. The van der Waals surface area contributed by atoms with Gasteiger partial charge in [-0.25, -0.2) is 4.57 Å². The first-order valence-electron chi connectivity index (χ1n) is 3.77. The first-order chi connectivity index (χ1) is 6.29. The van der Waals surface area contributed by atoms with Crippen molar-refractivity contribution in [3.8, 4) is 0 Å². The zero-order valence-electron chi connectivity index (χ0n) is 6.61. The molecular formula is C7H6Br2N4. The number of aliphatic imine (C=N–C) groups is 1. The number of aromatic nitrogens is 3. The van der Waals surface area contributed by atoms with Crippen LogP contribution in [0.15, 0.2) is 26.6 Å². The van der Waals surface area contributed by atoms with Crippen molar-refractivity contribution >= 4 is 37.7 Å². The van der Waals surface area contributed by atoms with Gasteiger partial charge in [-0.2, -0.15) is 0 Å². The molecule has 0 N–H and O–H groups in total. The van der Waals surface area contributed by atoms with Crippen LogP contribution in [0.3, 0.4) is 0 Å². The van der Waals surface area contributed by atoms with Crippen molar-refractivity contribution in [1.29, 1.82) is 0 Å². The van der Waals surface area contributed by atoms with Crippen molar-refractivity contribution in [3.05, 3.63) is 21.6 Å². The quantitative estimate of drug-likeness (QED) is 0.736. The summed E-state index contributed by atoms with van der Waals surface area (Å²) in [6.45, 7) is 0.822. The third-order valence-electron chi connectivity index (χ3n) is 1.65. The van der Waals surface area contributed by atoms with Crippen molar-refractivity contribution < 1.29 is 0 Å². The van der Waals surface area contributed by atoms with E-state index in [1.54, 1.807) is 4.57 Å². The van der Waals surface area contributed by atoms with E-state index >= 15 is 0 Å². The van der Waals surface area contributed by atoms with Crippen molar-refractivity contribution in [3.63, 3.8) is 0 Å². The first kappa shape index (κ1) is 9.08. The number of halogens is 2. The minimum Gasteiger partial charge on any atom is -0.267 e. The van der Waals surface area contributed by atoms with Gasteiger partial charge in [-0.15, -0.1) is 10.2 Å². The summed E-state index contributed by atoms with van der Waals surface area (Å²) in [7, 11) is 0. The molecule has 0 bridgehead atoms. The Labute approximate surface area is 92.0 Å². The van der Waals surface area contributed by atoms with Gasteiger partial charge in [-0.05, 0) is 44.4 Å². The van der Waals surface area contributed by atoms with Gasteiger partial charge in [0, 0.05) is 6.54 Å². The molecular weight excluding hydrogens is 300 g/mol. The minimum atomic E-state index is 0.657. The second-order valence-corrected chi connectivity index (χ2v) is 3.92. The highest BCUT2D eigenvalue weighted by molar-refractivity contribution is 9.11. The fraction of sp³-hybridized carbons (Fsp3) is 0.286. The van der Waals surface area contributed by atoms with Crippen LogP contribution < -0.4 is 0 Å². The maximum Gasteiger partial charge on any atom is 0.206 e. The Morgan fingerprint density at radius 2 is 1.92 bits per heavy atom. The number of dihydropyridines is 1. The lowest BCUT2D eigenvalue weighted by atomic mass is 10.3. The molecule has 6 heteroatoms. The number of nitrogens with zero attached hydrogens (tertiary/aromatic N) is 4. The molecule has 0 saturated carbocycles. The summed E-state index contributed by atoms with van der Waals surface area (Å²) in [4.78, 5) is 4.35. The van der Waals surface area contributed by atoms with Gasteiger partial charge in [0.05, 0.1) is 0 Å². The zero-order chi connectivity index (χ0) is 9.26. The van der Waals surface area contributed by atoms with Crippen molar-refractivity contribution in [2.45, 2.75) is 6.42 Å². The predicted molar refractivity (Wildman–Crippen MR) is 56.9 cm³/mol. The maximum absolute atomic E-state index is 4.35. The maximum atomic E-state index is 4.35. The Kier molecular flexibility index (Phi) is 2.59.